The van der Waals surface area contributed by atoms with Crippen LogP contribution in [0.15, 0.2) is 158 Å². The average molecular weight is 1710 g/mol. The van der Waals surface area contributed by atoms with Crippen LogP contribution >= 0.6 is 15.6 Å². The molecule has 0 spiro atoms. The van der Waals surface area contributed by atoms with Gasteiger partial charge < -0.3 is 34.2 Å². The third kappa shape index (κ3) is 93.7. The van der Waals surface area contributed by atoms with Gasteiger partial charge in [0.1, 0.15) is 25.4 Å². The molecule has 4 N–H and O–H groups in total. The predicted octanol–water partition coefficient (Wildman–Crippen LogP) is 29.7. The van der Waals surface area contributed by atoms with Crippen LogP contribution in [0.3, 0.4) is 0 Å². The lowest BCUT2D eigenvalue weighted by Crippen LogP contribution is -2.30. The Hall–Kier alpha value is -4.83. The van der Waals surface area contributed by atoms with E-state index in [2.05, 4.69) is 179 Å². The minimum atomic E-state index is -4.95. The number of unbranched alkanes of at least 4 members (excludes halogenated alkanes) is 41. The predicted molar refractivity (Wildman–Crippen MR) is 500 cm³/mol. The average Bonchev–Trinajstić information content (AvgIpc) is 0.902. The summed E-state index contributed by atoms with van der Waals surface area (Å²) in [5.41, 5.74) is 0. The second-order valence-electron chi connectivity index (χ2n) is 31.8. The van der Waals surface area contributed by atoms with Crippen molar-refractivity contribution in [1.82, 2.24) is 0 Å². The van der Waals surface area contributed by atoms with E-state index in [0.29, 0.717) is 19.3 Å². The Balaban J connectivity index is 4.56. The van der Waals surface area contributed by atoms with Crippen LogP contribution in [0, 0.1) is 0 Å². The summed E-state index contributed by atoms with van der Waals surface area (Å²) in [4.78, 5) is 59.0. The first-order valence-corrected chi connectivity index (χ1v) is 50.8. The van der Waals surface area contributed by atoms with Crippen LogP contribution in [0.1, 0.15) is 406 Å². The summed E-state index contributed by atoms with van der Waals surface area (Å²) in [6, 6.07) is 0. The molecule has 18 heteroatoms. The Morgan fingerprint density at radius 2 is 0.445 bits per heavy atom. The molecule has 0 fully saturated rings. The molecule has 0 aromatic carbocycles. The normalized spacial score (nSPS) is 14.4. The molecule has 0 radical (unpaired) electrons. The van der Waals surface area contributed by atoms with Gasteiger partial charge in [-0.05, 0) is 154 Å². The minimum absolute atomic E-state index is 0.0809. The van der Waals surface area contributed by atoms with Crippen molar-refractivity contribution in [2.45, 2.75) is 424 Å². The Bertz CT molecular complexity index is 2790. The van der Waals surface area contributed by atoms with Gasteiger partial charge in [0.05, 0.1) is 26.4 Å². The van der Waals surface area contributed by atoms with E-state index in [1.54, 1.807) is 0 Å². The van der Waals surface area contributed by atoms with Gasteiger partial charge in [0.15, 0.2) is 6.10 Å². The molecule has 0 bridgehead atoms. The molecule has 0 aliphatic carbocycles. The fourth-order valence-corrected chi connectivity index (χ4v) is 14.6. The number of phosphoric ester groups is 2. The summed E-state index contributed by atoms with van der Waals surface area (Å²) in [5, 5.41) is 20.8. The van der Waals surface area contributed by atoms with Gasteiger partial charge in [0.25, 0.3) is 0 Å². The molecular weight excluding hydrogens is 1530 g/mol. The molecule has 0 amide bonds. The third-order valence-corrected chi connectivity index (χ3v) is 22.1. The molecule has 5 atom stereocenters. The number of phosphoric acid groups is 2. The summed E-state index contributed by atoms with van der Waals surface area (Å²) in [5.74, 6) is -1.59. The quantitative estimate of drug-likeness (QED) is 0.0146. The van der Waals surface area contributed by atoms with Gasteiger partial charge in [0.2, 0.25) is 0 Å². The van der Waals surface area contributed by atoms with Crippen LogP contribution in [-0.4, -0.2) is 95.9 Å². The summed E-state index contributed by atoms with van der Waals surface area (Å²) < 4.78 is 61.5. The monoisotopic (exact) mass is 1710 g/mol. The molecule has 0 rings (SSSR count). The standard InChI is InChI=1S/C101H174O16P2/c1-4-7-10-13-16-19-22-25-28-31-34-37-39-41-43-45-46-47-48-50-52-53-55-58-60-63-66-69-72-75-78-81-84-87-99(104)111-90-96(102)91-113-118(107,108)114-92-97(103)93-115-119(109,110)116-95-98(117-101(106)89-86-83-80-77-74-71-68-65-62-57-36-33-30-27-24-21-18-15-12-9-6-3)94-112-100(105)88-85-82-79-76-73-70-67-64-61-59-56-54-51-49-44-42-40-38-35-32-29-26-23-20-17-14-11-8-5-2/h7,10,16-21,25-30,34-38,41-44,57,65,68,96-98,102-103H,4-6,8-9,11-15,22-24,31-33,39-40,45-56,58-64,66-67,69-95H2,1-3H3,(H,107,108)(H,109,110)/b10-7-,19-16-,20-17-,21-18-,28-25-,29-26-,30-27-,37-34-,38-35-,43-41-,44-42-,57-36-,68-65-. The van der Waals surface area contributed by atoms with Crippen molar-refractivity contribution in [2.24, 2.45) is 0 Å². The smallest absolute Gasteiger partial charge is 0.463 e. The van der Waals surface area contributed by atoms with Crippen LogP contribution in [-0.2, 0) is 55.8 Å². The number of aliphatic hydroxyl groups excluding tert-OH is 2. The van der Waals surface area contributed by atoms with E-state index in [4.69, 9.17) is 32.3 Å². The third-order valence-electron chi connectivity index (χ3n) is 20.2. The van der Waals surface area contributed by atoms with E-state index in [1.165, 1.54) is 186 Å². The molecule has 5 unspecified atom stereocenters. The van der Waals surface area contributed by atoms with E-state index in [0.717, 1.165) is 161 Å². The molecule has 0 aliphatic heterocycles. The topological polar surface area (TPSA) is 231 Å². The molecule has 0 aliphatic rings. The second kappa shape index (κ2) is 92.4. The number of hydrogen-bond donors (Lipinski definition) is 4. The van der Waals surface area contributed by atoms with Crippen molar-refractivity contribution in [1.29, 1.82) is 0 Å². The van der Waals surface area contributed by atoms with Crippen LogP contribution in [0.4, 0.5) is 0 Å². The van der Waals surface area contributed by atoms with E-state index in [9.17, 15) is 43.5 Å². The zero-order valence-corrected chi connectivity index (χ0v) is 77.3. The lowest BCUT2D eigenvalue weighted by molar-refractivity contribution is -0.161. The molecule has 0 heterocycles. The van der Waals surface area contributed by atoms with Gasteiger partial charge in [-0.3, -0.25) is 32.5 Å². The number of esters is 3. The van der Waals surface area contributed by atoms with Crippen LogP contribution in [0.25, 0.3) is 0 Å². The molecular formula is C101H174O16P2. The number of aliphatic hydroxyl groups is 2. The first-order chi connectivity index (χ1) is 58.2. The first-order valence-electron chi connectivity index (χ1n) is 47.8. The van der Waals surface area contributed by atoms with Gasteiger partial charge in [-0.1, -0.05) is 391 Å². The van der Waals surface area contributed by atoms with Crippen LogP contribution in [0.5, 0.6) is 0 Å². The van der Waals surface area contributed by atoms with Crippen molar-refractivity contribution < 1.29 is 75.8 Å². The zero-order chi connectivity index (χ0) is 86.5. The van der Waals surface area contributed by atoms with Crippen molar-refractivity contribution in [2.75, 3.05) is 39.6 Å². The summed E-state index contributed by atoms with van der Waals surface area (Å²) in [7, 11) is -9.82. The van der Waals surface area contributed by atoms with Gasteiger partial charge in [-0.2, -0.15) is 0 Å². The fourth-order valence-electron chi connectivity index (χ4n) is 13.0. The Kier molecular flexibility index (Phi) is 88.6. The van der Waals surface area contributed by atoms with Crippen molar-refractivity contribution in [3.05, 3.63) is 158 Å². The number of carbonyl (C=O) groups is 3. The summed E-state index contributed by atoms with van der Waals surface area (Å²) in [6.45, 7) is 2.55. The number of carbonyl (C=O) groups excluding carboxylic acids is 3. The maximum atomic E-state index is 13.1. The largest absolute Gasteiger partial charge is 0.472 e. The number of allylic oxidation sites excluding steroid dienone is 26. The van der Waals surface area contributed by atoms with E-state index < -0.39 is 91.5 Å². The SMILES string of the molecule is CC/C=C\C/C=C\C/C=C\C/C=C\C/C=C\CCCCCCCCCCCCCCCCCCCC(=O)OCC(O)COP(=O)(O)OCC(O)COP(=O)(O)OCC(COC(=O)CCCCCCCCCCCCCCC/C=C\C/C=C\C/C=C\C/C=C\CCCCC)OC(=O)CCCCCCC/C=C\C/C=C\C/C=C\C/C=C\CCCCC. The van der Waals surface area contributed by atoms with Gasteiger partial charge in [0, 0.05) is 19.3 Å². The van der Waals surface area contributed by atoms with Crippen molar-refractivity contribution in [3.8, 4) is 0 Å². The molecule has 0 aromatic heterocycles. The van der Waals surface area contributed by atoms with Crippen molar-refractivity contribution in [3.63, 3.8) is 0 Å². The van der Waals surface area contributed by atoms with Gasteiger partial charge in [-0.15, -0.1) is 0 Å². The van der Waals surface area contributed by atoms with Crippen LogP contribution in [0.2, 0.25) is 0 Å². The molecule has 0 saturated heterocycles. The van der Waals surface area contributed by atoms with E-state index in [-0.39, 0.29) is 19.3 Å². The second-order valence-corrected chi connectivity index (χ2v) is 34.7. The fraction of sp³-hybridized carbons (Fsp3) is 0.713. The highest BCUT2D eigenvalue weighted by Crippen LogP contribution is 2.45. The van der Waals surface area contributed by atoms with Crippen LogP contribution < -0.4 is 0 Å². The van der Waals surface area contributed by atoms with Gasteiger partial charge >= 0.3 is 33.6 Å². The van der Waals surface area contributed by atoms with E-state index in [1.807, 2.05) is 0 Å². The molecule has 119 heavy (non-hydrogen) atoms. The molecule has 0 saturated carbocycles. The number of rotatable bonds is 90. The summed E-state index contributed by atoms with van der Waals surface area (Å²) in [6.07, 6.45) is 119. The van der Waals surface area contributed by atoms with E-state index >= 15 is 0 Å². The highest BCUT2D eigenvalue weighted by atomic mass is 31.2. The summed E-state index contributed by atoms with van der Waals surface area (Å²) >= 11 is 0. The Morgan fingerprint density at radius 1 is 0.244 bits per heavy atom. The molecule has 16 nitrogen and oxygen atoms in total. The lowest BCUT2D eigenvalue weighted by atomic mass is 10.0. The highest BCUT2D eigenvalue weighted by molar-refractivity contribution is 7.47. The van der Waals surface area contributed by atoms with Crippen molar-refractivity contribution >= 4 is 33.6 Å². The first kappa shape index (κ1) is 114. The minimum Gasteiger partial charge on any atom is -0.463 e. The lowest BCUT2D eigenvalue weighted by Gasteiger charge is -2.21. The zero-order valence-electron chi connectivity index (χ0n) is 75.5. The van der Waals surface area contributed by atoms with Gasteiger partial charge in [-0.25, -0.2) is 9.13 Å². The maximum Gasteiger partial charge on any atom is 0.472 e. The Labute approximate surface area is 727 Å². The Morgan fingerprint density at radius 3 is 0.706 bits per heavy atom. The molecule has 684 valence electrons. The maximum absolute atomic E-state index is 13.1. The highest BCUT2D eigenvalue weighted by Gasteiger charge is 2.30. The molecule has 0 aromatic rings. The number of hydrogen-bond acceptors (Lipinski definition) is 14. The number of ether oxygens (including phenoxy) is 3.